The van der Waals surface area contributed by atoms with E-state index in [-0.39, 0.29) is 10.6 Å². The van der Waals surface area contributed by atoms with E-state index in [1.807, 2.05) is 18.2 Å². The van der Waals surface area contributed by atoms with Gasteiger partial charge in [-0.05, 0) is 23.6 Å². The van der Waals surface area contributed by atoms with Gasteiger partial charge < -0.3 is 0 Å². The summed E-state index contributed by atoms with van der Waals surface area (Å²) in [6, 6.07) is 15.1. The third kappa shape index (κ3) is 3.83. The number of nitrogens with zero attached hydrogens (tertiary/aromatic N) is 1. The van der Waals surface area contributed by atoms with Crippen LogP contribution in [0.3, 0.4) is 0 Å². The Morgan fingerprint density at radius 1 is 1.11 bits per heavy atom. The van der Waals surface area contributed by atoms with E-state index >= 15 is 0 Å². The summed E-state index contributed by atoms with van der Waals surface area (Å²) in [7, 11) is 0. The Bertz CT molecular complexity index is 584. The lowest BCUT2D eigenvalue weighted by atomic mass is 10.1. The average molecular weight is 273 g/mol. The molecule has 0 amide bonds. The summed E-state index contributed by atoms with van der Waals surface area (Å²) in [5.41, 5.74) is 3.76. The minimum Gasteiger partial charge on any atom is -0.258 e. The summed E-state index contributed by atoms with van der Waals surface area (Å²) in [4.78, 5) is 10.3. The van der Waals surface area contributed by atoms with E-state index in [2.05, 4.69) is 19.1 Å². The quantitative estimate of drug-likeness (QED) is 0.601. The Balaban J connectivity index is 1.94. The third-order valence-corrected chi connectivity index (χ3v) is 3.96. The molecule has 0 radical (unpaired) electrons. The highest BCUT2D eigenvalue weighted by atomic mass is 32.2. The van der Waals surface area contributed by atoms with Crippen LogP contribution in [0.1, 0.15) is 16.7 Å². The first kappa shape index (κ1) is 13.6. The summed E-state index contributed by atoms with van der Waals surface area (Å²) in [5, 5.41) is 10.7. The van der Waals surface area contributed by atoms with Gasteiger partial charge in [0.2, 0.25) is 0 Å². The Morgan fingerprint density at radius 2 is 1.89 bits per heavy atom. The molecule has 0 aliphatic heterocycles. The molecule has 0 saturated heterocycles. The van der Waals surface area contributed by atoms with Crippen molar-refractivity contribution in [3.05, 3.63) is 75.3 Å². The molecule has 0 N–H and O–H groups in total. The first-order valence-corrected chi connectivity index (χ1v) is 7.18. The summed E-state index contributed by atoms with van der Waals surface area (Å²) in [6.07, 6.45) is 0. The molecule has 0 aromatic heterocycles. The molecule has 0 aliphatic rings. The highest BCUT2D eigenvalue weighted by Crippen LogP contribution is 2.22. The molecule has 0 heterocycles. The lowest BCUT2D eigenvalue weighted by molar-refractivity contribution is -0.384. The number of nitro groups is 1. The zero-order valence-electron chi connectivity index (χ0n) is 10.7. The zero-order chi connectivity index (χ0) is 13.7. The van der Waals surface area contributed by atoms with Crippen LogP contribution in [0.15, 0.2) is 48.5 Å². The van der Waals surface area contributed by atoms with Crippen LogP contribution in [0.2, 0.25) is 0 Å². The van der Waals surface area contributed by atoms with Crippen molar-refractivity contribution in [3.63, 3.8) is 0 Å². The second-order valence-corrected chi connectivity index (χ2v) is 5.33. The molecule has 0 saturated carbocycles. The fourth-order valence-electron chi connectivity index (χ4n) is 1.81. The maximum Gasteiger partial charge on any atom is 0.269 e. The third-order valence-electron chi connectivity index (χ3n) is 2.91. The van der Waals surface area contributed by atoms with Gasteiger partial charge in [-0.15, -0.1) is 0 Å². The first-order chi connectivity index (χ1) is 9.16. The van der Waals surface area contributed by atoms with Crippen molar-refractivity contribution in [2.75, 3.05) is 0 Å². The van der Waals surface area contributed by atoms with Crippen molar-refractivity contribution < 1.29 is 4.92 Å². The molecular weight excluding hydrogens is 258 g/mol. The Kier molecular flexibility index (Phi) is 4.58. The van der Waals surface area contributed by atoms with Crippen molar-refractivity contribution in [1.82, 2.24) is 0 Å². The Labute approximate surface area is 116 Å². The van der Waals surface area contributed by atoms with Crippen LogP contribution in [0.4, 0.5) is 5.69 Å². The minimum absolute atomic E-state index is 0.161. The number of thioether (sulfide) groups is 1. The standard InChI is InChI=1S/C15H15NO2S/c1-12-5-2-3-7-14(12)11-19-10-13-6-4-8-15(9-13)16(17)18/h2-9H,10-11H2,1H3. The SMILES string of the molecule is Cc1ccccc1CSCc1cccc([N+](=O)[O-])c1. The predicted molar refractivity (Wildman–Crippen MR) is 79.3 cm³/mol. The topological polar surface area (TPSA) is 43.1 Å². The molecule has 4 heteroatoms. The summed E-state index contributed by atoms with van der Waals surface area (Å²) < 4.78 is 0. The van der Waals surface area contributed by atoms with Gasteiger partial charge in [0.15, 0.2) is 0 Å². The van der Waals surface area contributed by atoms with Gasteiger partial charge in [0.1, 0.15) is 0 Å². The van der Waals surface area contributed by atoms with Crippen molar-refractivity contribution >= 4 is 17.4 Å². The van der Waals surface area contributed by atoms with Gasteiger partial charge in [0, 0.05) is 23.6 Å². The monoisotopic (exact) mass is 273 g/mol. The number of hydrogen-bond donors (Lipinski definition) is 0. The van der Waals surface area contributed by atoms with E-state index < -0.39 is 0 Å². The van der Waals surface area contributed by atoms with E-state index in [1.54, 1.807) is 23.9 Å². The normalized spacial score (nSPS) is 10.4. The Morgan fingerprint density at radius 3 is 2.63 bits per heavy atom. The van der Waals surface area contributed by atoms with Crippen molar-refractivity contribution in [1.29, 1.82) is 0 Å². The van der Waals surface area contributed by atoms with Gasteiger partial charge >= 0.3 is 0 Å². The van der Waals surface area contributed by atoms with Gasteiger partial charge in [-0.3, -0.25) is 10.1 Å². The molecule has 98 valence electrons. The average Bonchev–Trinajstić information content (AvgIpc) is 2.41. The van der Waals surface area contributed by atoms with Gasteiger partial charge in [0.25, 0.3) is 5.69 Å². The molecule has 19 heavy (non-hydrogen) atoms. The highest BCUT2D eigenvalue weighted by molar-refractivity contribution is 7.97. The van der Waals surface area contributed by atoms with Gasteiger partial charge in [-0.2, -0.15) is 11.8 Å². The first-order valence-electron chi connectivity index (χ1n) is 6.02. The summed E-state index contributed by atoms with van der Waals surface area (Å²) in [6.45, 7) is 2.10. The molecule has 3 nitrogen and oxygen atoms in total. The predicted octanol–water partition coefficient (Wildman–Crippen LogP) is 4.34. The number of non-ortho nitro benzene ring substituents is 1. The fraction of sp³-hybridized carbons (Fsp3) is 0.200. The van der Waals surface area contributed by atoms with E-state index in [1.165, 1.54) is 17.2 Å². The van der Waals surface area contributed by atoms with E-state index in [9.17, 15) is 10.1 Å². The van der Waals surface area contributed by atoms with Crippen LogP contribution in [0, 0.1) is 17.0 Å². The maximum atomic E-state index is 10.7. The van der Waals surface area contributed by atoms with Crippen molar-refractivity contribution in [2.45, 2.75) is 18.4 Å². The van der Waals surface area contributed by atoms with E-state index in [0.29, 0.717) is 0 Å². The van der Waals surface area contributed by atoms with Gasteiger partial charge in [-0.25, -0.2) is 0 Å². The minimum atomic E-state index is -0.352. The summed E-state index contributed by atoms with van der Waals surface area (Å²) >= 11 is 1.77. The van der Waals surface area contributed by atoms with E-state index in [0.717, 1.165) is 17.1 Å². The number of nitro benzene ring substituents is 1. The number of rotatable bonds is 5. The lowest BCUT2D eigenvalue weighted by Crippen LogP contribution is -1.90. The fourth-order valence-corrected chi connectivity index (χ4v) is 2.87. The van der Waals surface area contributed by atoms with Crippen LogP contribution in [-0.2, 0) is 11.5 Å². The van der Waals surface area contributed by atoms with Crippen LogP contribution in [0.5, 0.6) is 0 Å². The smallest absolute Gasteiger partial charge is 0.258 e. The molecule has 0 atom stereocenters. The van der Waals surface area contributed by atoms with Crippen LogP contribution >= 0.6 is 11.8 Å². The molecule has 2 aromatic rings. The van der Waals surface area contributed by atoms with Crippen LogP contribution in [-0.4, -0.2) is 4.92 Å². The van der Waals surface area contributed by atoms with Gasteiger partial charge in [0.05, 0.1) is 4.92 Å². The lowest BCUT2D eigenvalue weighted by Gasteiger charge is -2.05. The van der Waals surface area contributed by atoms with Crippen molar-refractivity contribution in [2.24, 2.45) is 0 Å². The zero-order valence-corrected chi connectivity index (χ0v) is 11.5. The largest absolute Gasteiger partial charge is 0.269 e. The molecule has 0 spiro atoms. The Hall–Kier alpha value is -1.81. The molecule has 2 rings (SSSR count). The maximum absolute atomic E-state index is 10.7. The number of benzene rings is 2. The van der Waals surface area contributed by atoms with Gasteiger partial charge in [-0.1, -0.05) is 36.4 Å². The second-order valence-electron chi connectivity index (χ2n) is 4.35. The number of hydrogen-bond acceptors (Lipinski definition) is 3. The molecule has 0 aliphatic carbocycles. The molecule has 0 bridgehead atoms. The van der Waals surface area contributed by atoms with Crippen molar-refractivity contribution in [3.8, 4) is 0 Å². The van der Waals surface area contributed by atoms with Crippen LogP contribution in [0.25, 0.3) is 0 Å². The second kappa shape index (κ2) is 6.38. The van der Waals surface area contributed by atoms with Crippen LogP contribution < -0.4 is 0 Å². The molecule has 0 unspecified atom stereocenters. The molecule has 2 aromatic carbocycles. The van der Waals surface area contributed by atoms with E-state index in [4.69, 9.17) is 0 Å². The highest BCUT2D eigenvalue weighted by Gasteiger charge is 2.05. The number of aryl methyl sites for hydroxylation is 1. The molecular formula is C15H15NO2S. The summed E-state index contributed by atoms with van der Waals surface area (Å²) in [5.74, 6) is 1.71. The molecule has 0 fully saturated rings.